The van der Waals surface area contributed by atoms with Crippen molar-refractivity contribution in [3.05, 3.63) is 11.9 Å². The topological polar surface area (TPSA) is 94.0 Å². The molecule has 6 nitrogen and oxygen atoms in total. The Balaban J connectivity index is 2.58. The molecule has 1 rings (SSSR count). The van der Waals surface area contributed by atoms with E-state index in [1.807, 2.05) is 0 Å². The summed E-state index contributed by atoms with van der Waals surface area (Å²) in [6.07, 6.45) is 1.85. The summed E-state index contributed by atoms with van der Waals surface area (Å²) in [5.41, 5.74) is 5.87. The second-order valence-corrected chi connectivity index (χ2v) is 2.53. The number of hydrogen-bond acceptors (Lipinski definition) is 4. The fourth-order valence-corrected chi connectivity index (χ4v) is 0.801. The number of aliphatic carboxylic acids is 1. The minimum atomic E-state index is -1.03. The lowest BCUT2D eigenvalue weighted by Crippen LogP contribution is -2.32. The van der Waals surface area contributed by atoms with Gasteiger partial charge in [0.25, 0.3) is 0 Å². The van der Waals surface area contributed by atoms with Crippen LogP contribution in [0, 0.1) is 0 Å². The third-order valence-electron chi connectivity index (χ3n) is 1.40. The molecule has 6 heteroatoms. The van der Waals surface area contributed by atoms with Gasteiger partial charge in [0.05, 0.1) is 5.69 Å². The Hall–Kier alpha value is -1.43. The molecule has 0 fully saturated rings. The van der Waals surface area contributed by atoms with Gasteiger partial charge < -0.3 is 10.8 Å². The van der Waals surface area contributed by atoms with Gasteiger partial charge in [-0.2, -0.15) is 0 Å². The molecule has 0 saturated carbocycles. The van der Waals surface area contributed by atoms with Crippen molar-refractivity contribution in [3.63, 3.8) is 0 Å². The van der Waals surface area contributed by atoms with E-state index in [4.69, 9.17) is 10.8 Å². The van der Waals surface area contributed by atoms with Gasteiger partial charge in [0.2, 0.25) is 0 Å². The Morgan fingerprint density at radius 1 is 1.92 bits per heavy atom. The van der Waals surface area contributed by atoms with E-state index in [0.29, 0.717) is 5.69 Å². The number of carbonyl (C=O) groups is 1. The van der Waals surface area contributed by atoms with Crippen molar-refractivity contribution >= 4 is 5.97 Å². The van der Waals surface area contributed by atoms with Crippen LogP contribution in [0.5, 0.6) is 0 Å². The summed E-state index contributed by atoms with van der Waals surface area (Å²) in [5.74, 6) is -1.03. The first kappa shape index (κ1) is 8.66. The van der Waals surface area contributed by atoms with Crippen molar-refractivity contribution < 1.29 is 9.90 Å². The summed E-state index contributed by atoms with van der Waals surface area (Å²) in [4.78, 5) is 10.3. The zero-order valence-electron chi connectivity index (χ0n) is 6.64. The highest BCUT2D eigenvalue weighted by atomic mass is 16.4. The average Bonchev–Trinajstić information content (AvgIpc) is 2.35. The number of carboxylic acids is 1. The van der Waals surface area contributed by atoms with E-state index in [1.165, 1.54) is 4.68 Å². The lowest BCUT2D eigenvalue weighted by Gasteiger charge is -2.00. The van der Waals surface area contributed by atoms with Crippen molar-refractivity contribution in [1.29, 1.82) is 0 Å². The third kappa shape index (κ3) is 2.03. The minimum absolute atomic E-state index is 0.211. The lowest BCUT2D eigenvalue weighted by molar-refractivity contribution is -0.138. The second-order valence-electron chi connectivity index (χ2n) is 2.53. The van der Waals surface area contributed by atoms with Crippen LogP contribution in [0.15, 0.2) is 6.20 Å². The number of aryl methyl sites for hydroxylation is 1. The molecule has 0 aliphatic heterocycles. The molecule has 12 heavy (non-hydrogen) atoms. The minimum Gasteiger partial charge on any atom is -0.480 e. The maximum absolute atomic E-state index is 10.3. The molecular formula is C6H10N4O2. The fraction of sp³-hybridized carbons (Fsp3) is 0.500. The van der Waals surface area contributed by atoms with Gasteiger partial charge in [0, 0.05) is 19.7 Å². The monoisotopic (exact) mass is 170 g/mol. The summed E-state index contributed by atoms with van der Waals surface area (Å²) >= 11 is 0. The van der Waals surface area contributed by atoms with Crippen LogP contribution in [0.3, 0.4) is 0 Å². The van der Waals surface area contributed by atoms with Crippen LogP contribution in [-0.2, 0) is 18.3 Å². The van der Waals surface area contributed by atoms with E-state index in [2.05, 4.69) is 10.3 Å². The summed E-state index contributed by atoms with van der Waals surface area (Å²) in [6.45, 7) is 0. The van der Waals surface area contributed by atoms with Crippen LogP contribution >= 0.6 is 0 Å². The highest BCUT2D eigenvalue weighted by Crippen LogP contribution is 1.95. The molecule has 0 spiro atoms. The number of carboxylic acid groups (broad SMARTS) is 1. The van der Waals surface area contributed by atoms with Crippen LogP contribution < -0.4 is 5.73 Å². The van der Waals surface area contributed by atoms with Crippen molar-refractivity contribution in [2.24, 2.45) is 12.8 Å². The Bertz CT molecular complexity index is 283. The summed E-state index contributed by atoms with van der Waals surface area (Å²) in [5, 5.41) is 15.8. The Kier molecular flexibility index (Phi) is 2.39. The highest BCUT2D eigenvalue weighted by Gasteiger charge is 2.13. The zero-order chi connectivity index (χ0) is 9.14. The number of aromatic nitrogens is 3. The molecule has 0 radical (unpaired) electrons. The quantitative estimate of drug-likeness (QED) is 0.592. The van der Waals surface area contributed by atoms with Crippen LogP contribution in [0.2, 0.25) is 0 Å². The molecule has 1 aromatic rings. The lowest BCUT2D eigenvalue weighted by atomic mass is 10.2. The highest BCUT2D eigenvalue weighted by molar-refractivity contribution is 5.73. The van der Waals surface area contributed by atoms with Crippen molar-refractivity contribution in [2.75, 3.05) is 0 Å². The largest absolute Gasteiger partial charge is 0.480 e. The fourth-order valence-electron chi connectivity index (χ4n) is 0.801. The van der Waals surface area contributed by atoms with Gasteiger partial charge in [0.15, 0.2) is 0 Å². The Morgan fingerprint density at radius 3 is 3.00 bits per heavy atom. The van der Waals surface area contributed by atoms with E-state index in [9.17, 15) is 4.79 Å². The van der Waals surface area contributed by atoms with E-state index >= 15 is 0 Å². The molecule has 0 aliphatic rings. The van der Waals surface area contributed by atoms with Gasteiger partial charge in [-0.15, -0.1) is 5.10 Å². The van der Waals surface area contributed by atoms with Gasteiger partial charge >= 0.3 is 5.97 Å². The van der Waals surface area contributed by atoms with E-state index < -0.39 is 12.0 Å². The van der Waals surface area contributed by atoms with Crippen LogP contribution in [-0.4, -0.2) is 32.1 Å². The number of nitrogens with zero attached hydrogens (tertiary/aromatic N) is 3. The van der Waals surface area contributed by atoms with Gasteiger partial charge in [-0.25, -0.2) is 0 Å². The molecule has 1 atom stereocenters. The molecule has 0 bridgehead atoms. The molecule has 3 N–H and O–H groups in total. The van der Waals surface area contributed by atoms with Gasteiger partial charge in [0.1, 0.15) is 6.04 Å². The van der Waals surface area contributed by atoms with Gasteiger partial charge in [-0.1, -0.05) is 5.21 Å². The first-order valence-electron chi connectivity index (χ1n) is 3.43. The van der Waals surface area contributed by atoms with E-state index in [0.717, 1.165) is 0 Å². The number of rotatable bonds is 3. The smallest absolute Gasteiger partial charge is 0.320 e. The molecule has 66 valence electrons. The standard InChI is InChI=1S/C6H10N4O2/c1-10-3-4(8-9-10)2-5(7)6(11)12/h3,5H,2,7H2,1H3,(H,11,12)/t5-/m1/s1. The van der Waals surface area contributed by atoms with Crippen LogP contribution in [0.1, 0.15) is 5.69 Å². The van der Waals surface area contributed by atoms with E-state index in [-0.39, 0.29) is 6.42 Å². The second kappa shape index (κ2) is 3.31. The van der Waals surface area contributed by atoms with Crippen molar-refractivity contribution in [1.82, 2.24) is 15.0 Å². The molecule has 0 aromatic carbocycles. The summed E-state index contributed by atoms with van der Waals surface area (Å²) in [7, 11) is 1.71. The Labute approximate surface area is 69.0 Å². The maximum Gasteiger partial charge on any atom is 0.320 e. The van der Waals surface area contributed by atoms with E-state index in [1.54, 1.807) is 13.2 Å². The summed E-state index contributed by atoms with van der Waals surface area (Å²) < 4.78 is 1.50. The van der Waals surface area contributed by atoms with Crippen molar-refractivity contribution in [3.8, 4) is 0 Å². The molecule has 0 amide bonds. The molecule has 0 unspecified atom stereocenters. The first-order valence-corrected chi connectivity index (χ1v) is 3.43. The van der Waals surface area contributed by atoms with Gasteiger partial charge in [-0.3, -0.25) is 9.48 Å². The number of nitrogens with two attached hydrogens (primary N) is 1. The van der Waals surface area contributed by atoms with Crippen LogP contribution in [0.25, 0.3) is 0 Å². The average molecular weight is 170 g/mol. The SMILES string of the molecule is Cn1cc(C[C@@H](N)C(=O)O)nn1. The molecular weight excluding hydrogens is 160 g/mol. The van der Waals surface area contributed by atoms with Gasteiger partial charge in [-0.05, 0) is 0 Å². The van der Waals surface area contributed by atoms with Crippen molar-refractivity contribution in [2.45, 2.75) is 12.5 Å². The predicted octanol–water partition coefficient (Wildman–Crippen LogP) is -1.23. The molecule has 1 aromatic heterocycles. The first-order chi connectivity index (χ1) is 5.59. The predicted molar refractivity (Wildman–Crippen MR) is 40.3 cm³/mol. The normalized spacial score (nSPS) is 12.8. The maximum atomic E-state index is 10.3. The molecule has 0 saturated heterocycles. The summed E-state index contributed by atoms with van der Waals surface area (Å²) in [6, 6.07) is -0.901. The van der Waals surface area contributed by atoms with Crippen LogP contribution in [0.4, 0.5) is 0 Å². The molecule has 0 aliphatic carbocycles. The number of hydrogen-bond donors (Lipinski definition) is 2. The molecule has 1 heterocycles. The Morgan fingerprint density at radius 2 is 2.58 bits per heavy atom. The third-order valence-corrected chi connectivity index (χ3v) is 1.40. The zero-order valence-corrected chi connectivity index (χ0v) is 6.64.